The standard InChI is InChI=1S/C20H23N3OS2/c1-3-22(4-2)13-14-23(19(24)12-11-16-8-7-15-25-16)20-21-17-9-5-6-10-18(17)26-20/h5-12,15H,3-4,13-14H2,1-2H3/p+1/b12-11+. The quantitative estimate of drug-likeness (QED) is 0.603. The molecule has 3 rings (SSSR count). The van der Waals surface area contributed by atoms with E-state index < -0.39 is 0 Å². The van der Waals surface area contributed by atoms with E-state index in [2.05, 4.69) is 19.9 Å². The summed E-state index contributed by atoms with van der Waals surface area (Å²) in [7, 11) is 0. The van der Waals surface area contributed by atoms with Crippen LogP contribution in [-0.2, 0) is 4.79 Å². The van der Waals surface area contributed by atoms with Crippen molar-refractivity contribution in [2.45, 2.75) is 13.8 Å². The SMILES string of the molecule is CC[NH+](CC)CCN(C(=O)/C=C/c1cccs1)c1nc2ccccc2s1. The highest BCUT2D eigenvalue weighted by Crippen LogP contribution is 2.28. The van der Waals surface area contributed by atoms with E-state index in [0.717, 1.165) is 39.9 Å². The predicted octanol–water partition coefficient (Wildman–Crippen LogP) is 3.33. The molecule has 0 spiro atoms. The van der Waals surface area contributed by atoms with Gasteiger partial charge in [-0.3, -0.25) is 9.69 Å². The van der Waals surface area contributed by atoms with Gasteiger partial charge in [0.1, 0.15) is 0 Å². The van der Waals surface area contributed by atoms with Gasteiger partial charge >= 0.3 is 0 Å². The Hall–Kier alpha value is -2.02. The maximum absolute atomic E-state index is 12.9. The number of carbonyl (C=O) groups is 1. The summed E-state index contributed by atoms with van der Waals surface area (Å²) < 4.78 is 1.11. The number of quaternary nitrogens is 1. The number of fused-ring (bicyclic) bond motifs is 1. The van der Waals surface area contributed by atoms with Crippen molar-refractivity contribution in [1.82, 2.24) is 4.98 Å². The van der Waals surface area contributed by atoms with Gasteiger partial charge in [-0.2, -0.15) is 0 Å². The smallest absolute Gasteiger partial charge is 0.253 e. The van der Waals surface area contributed by atoms with Gasteiger partial charge in [-0.25, -0.2) is 4.98 Å². The molecule has 0 saturated heterocycles. The Morgan fingerprint density at radius 3 is 2.69 bits per heavy atom. The normalized spacial score (nSPS) is 11.7. The van der Waals surface area contributed by atoms with E-state index in [4.69, 9.17) is 4.98 Å². The zero-order valence-electron chi connectivity index (χ0n) is 15.1. The number of thiophene rings is 1. The van der Waals surface area contributed by atoms with Crippen molar-refractivity contribution in [2.24, 2.45) is 0 Å². The monoisotopic (exact) mass is 386 g/mol. The maximum Gasteiger partial charge on any atom is 0.253 e. The predicted molar refractivity (Wildman–Crippen MR) is 112 cm³/mol. The van der Waals surface area contributed by atoms with Crippen LogP contribution < -0.4 is 9.80 Å². The Bertz CT molecular complexity index is 833. The molecule has 1 amide bonds. The molecule has 0 bridgehead atoms. The minimum Gasteiger partial charge on any atom is -0.334 e. The zero-order chi connectivity index (χ0) is 18.4. The fourth-order valence-electron chi connectivity index (χ4n) is 2.78. The second-order valence-corrected chi connectivity index (χ2v) is 8.00. The number of thiazole rings is 1. The van der Waals surface area contributed by atoms with Gasteiger partial charge in [0.15, 0.2) is 5.13 Å². The second-order valence-electron chi connectivity index (χ2n) is 6.01. The van der Waals surface area contributed by atoms with Crippen molar-refractivity contribution in [3.63, 3.8) is 0 Å². The van der Waals surface area contributed by atoms with E-state index >= 15 is 0 Å². The molecule has 0 radical (unpaired) electrons. The van der Waals surface area contributed by atoms with Crippen LogP contribution in [0.4, 0.5) is 5.13 Å². The van der Waals surface area contributed by atoms with Crippen molar-refractivity contribution >= 4 is 50.0 Å². The first-order valence-electron chi connectivity index (χ1n) is 8.93. The molecule has 3 aromatic rings. The molecule has 26 heavy (non-hydrogen) atoms. The van der Waals surface area contributed by atoms with Crippen LogP contribution in [0.1, 0.15) is 18.7 Å². The first kappa shape index (κ1) is 18.8. The Labute approximate surface area is 162 Å². The summed E-state index contributed by atoms with van der Waals surface area (Å²) in [5.41, 5.74) is 0.947. The molecule has 1 aromatic carbocycles. The number of para-hydroxylation sites is 1. The van der Waals surface area contributed by atoms with E-state index in [0.29, 0.717) is 6.54 Å². The number of hydrogen-bond donors (Lipinski definition) is 1. The minimum atomic E-state index is -0.0102. The van der Waals surface area contributed by atoms with Crippen LogP contribution in [0.15, 0.2) is 47.9 Å². The van der Waals surface area contributed by atoms with Gasteiger partial charge in [0.2, 0.25) is 0 Å². The molecule has 0 aliphatic heterocycles. The molecule has 2 heterocycles. The number of benzene rings is 1. The molecular formula is C20H24N3OS2+. The topological polar surface area (TPSA) is 37.6 Å². The molecular weight excluding hydrogens is 362 g/mol. The van der Waals surface area contributed by atoms with Gasteiger partial charge in [0.05, 0.1) is 36.4 Å². The number of anilines is 1. The number of hydrogen-bond acceptors (Lipinski definition) is 4. The summed E-state index contributed by atoms with van der Waals surface area (Å²) in [6.07, 6.45) is 3.55. The van der Waals surface area contributed by atoms with Gasteiger partial charge in [0, 0.05) is 11.0 Å². The van der Waals surface area contributed by atoms with Gasteiger partial charge in [0.25, 0.3) is 5.91 Å². The summed E-state index contributed by atoms with van der Waals surface area (Å²) in [6.45, 7) is 8.07. The molecule has 136 valence electrons. The second kappa shape index (κ2) is 9.07. The lowest BCUT2D eigenvalue weighted by molar-refractivity contribution is -0.894. The number of likely N-dealkylation sites (N-methyl/N-ethyl adjacent to an activating group) is 1. The fraction of sp³-hybridized carbons (Fsp3) is 0.300. The van der Waals surface area contributed by atoms with Gasteiger partial charge in [-0.15, -0.1) is 11.3 Å². The fourth-order valence-corrected chi connectivity index (χ4v) is 4.39. The first-order valence-corrected chi connectivity index (χ1v) is 10.6. The molecule has 0 atom stereocenters. The van der Waals surface area contributed by atoms with Gasteiger partial charge in [-0.1, -0.05) is 29.5 Å². The van der Waals surface area contributed by atoms with Crippen LogP contribution >= 0.6 is 22.7 Å². The number of aromatic nitrogens is 1. The Balaban J connectivity index is 1.83. The van der Waals surface area contributed by atoms with Gasteiger partial charge in [-0.05, 0) is 43.5 Å². The summed E-state index contributed by atoms with van der Waals surface area (Å²) in [5, 5.41) is 2.79. The number of rotatable bonds is 8. The van der Waals surface area contributed by atoms with E-state index in [9.17, 15) is 4.79 Å². The van der Waals surface area contributed by atoms with E-state index in [1.807, 2.05) is 46.7 Å². The van der Waals surface area contributed by atoms with Crippen molar-refractivity contribution in [3.05, 3.63) is 52.7 Å². The molecule has 1 N–H and O–H groups in total. The summed E-state index contributed by atoms with van der Waals surface area (Å²) in [5.74, 6) is -0.0102. The van der Waals surface area contributed by atoms with Crippen LogP contribution in [0.2, 0.25) is 0 Å². The average Bonchev–Trinajstić information content (AvgIpc) is 3.32. The number of amides is 1. The molecule has 0 unspecified atom stereocenters. The van der Waals surface area contributed by atoms with Crippen molar-refractivity contribution in [1.29, 1.82) is 0 Å². The lowest BCUT2D eigenvalue weighted by Crippen LogP contribution is -3.12. The average molecular weight is 387 g/mol. The van der Waals surface area contributed by atoms with Gasteiger partial charge < -0.3 is 4.90 Å². The lowest BCUT2D eigenvalue weighted by Gasteiger charge is -2.21. The largest absolute Gasteiger partial charge is 0.334 e. The molecule has 2 aromatic heterocycles. The Kier molecular flexibility index (Phi) is 6.55. The number of carbonyl (C=O) groups excluding carboxylic acids is 1. The van der Waals surface area contributed by atoms with Crippen LogP contribution in [0.3, 0.4) is 0 Å². The van der Waals surface area contributed by atoms with Crippen molar-refractivity contribution in [2.75, 3.05) is 31.1 Å². The van der Waals surface area contributed by atoms with Crippen LogP contribution in [-0.4, -0.2) is 37.1 Å². The van der Waals surface area contributed by atoms with Crippen LogP contribution in [0.25, 0.3) is 16.3 Å². The highest BCUT2D eigenvalue weighted by Gasteiger charge is 2.19. The van der Waals surface area contributed by atoms with Crippen LogP contribution in [0.5, 0.6) is 0 Å². The number of nitrogens with one attached hydrogen (secondary N) is 1. The molecule has 0 aliphatic rings. The van der Waals surface area contributed by atoms with E-state index in [1.165, 1.54) is 4.90 Å². The Morgan fingerprint density at radius 2 is 2.00 bits per heavy atom. The molecule has 0 fully saturated rings. The number of nitrogens with zero attached hydrogens (tertiary/aromatic N) is 2. The van der Waals surface area contributed by atoms with Crippen molar-refractivity contribution < 1.29 is 9.69 Å². The highest BCUT2D eigenvalue weighted by molar-refractivity contribution is 7.22. The third-order valence-corrected chi connectivity index (χ3v) is 6.30. The summed E-state index contributed by atoms with van der Waals surface area (Å²) in [6, 6.07) is 12.0. The molecule has 0 aliphatic carbocycles. The molecule has 4 nitrogen and oxygen atoms in total. The summed E-state index contributed by atoms with van der Waals surface area (Å²) >= 11 is 3.20. The molecule has 0 saturated carbocycles. The molecule has 6 heteroatoms. The zero-order valence-corrected chi connectivity index (χ0v) is 16.8. The highest BCUT2D eigenvalue weighted by atomic mass is 32.1. The minimum absolute atomic E-state index is 0.0102. The summed E-state index contributed by atoms with van der Waals surface area (Å²) in [4.78, 5) is 22.0. The first-order chi connectivity index (χ1) is 12.7. The van der Waals surface area contributed by atoms with E-state index in [1.54, 1.807) is 28.7 Å². The van der Waals surface area contributed by atoms with Crippen LogP contribution in [0, 0.1) is 0 Å². The maximum atomic E-state index is 12.9. The van der Waals surface area contributed by atoms with Crippen molar-refractivity contribution in [3.8, 4) is 0 Å². The lowest BCUT2D eigenvalue weighted by atomic mass is 10.3. The van der Waals surface area contributed by atoms with E-state index in [-0.39, 0.29) is 5.91 Å². The Morgan fingerprint density at radius 1 is 1.19 bits per heavy atom. The third kappa shape index (κ3) is 4.58. The third-order valence-electron chi connectivity index (χ3n) is 4.40.